The van der Waals surface area contributed by atoms with Gasteiger partial charge < -0.3 is 25.7 Å². The highest BCUT2D eigenvalue weighted by molar-refractivity contribution is 5.80. The summed E-state index contributed by atoms with van der Waals surface area (Å²) in [6.45, 7) is 4.06. The molecule has 6 nitrogen and oxygen atoms in total. The van der Waals surface area contributed by atoms with E-state index in [0.29, 0.717) is 19.3 Å². The Morgan fingerprint density at radius 2 is 0.737 bits per heavy atom. The molecule has 0 fully saturated rings. The Morgan fingerprint density at radius 3 is 1.11 bits per heavy atom. The van der Waals surface area contributed by atoms with Crippen molar-refractivity contribution in [3.05, 3.63) is 24.3 Å². The maximum Gasteiger partial charge on any atom is 0.249 e. The van der Waals surface area contributed by atoms with Gasteiger partial charge in [-0.05, 0) is 51.4 Å². The number of rotatable bonds is 46. The molecule has 0 bridgehead atoms. The van der Waals surface area contributed by atoms with E-state index in [1.165, 1.54) is 193 Å². The molecule has 0 saturated carbocycles. The van der Waals surface area contributed by atoms with Gasteiger partial charge in [-0.15, -0.1) is 0 Å². The van der Waals surface area contributed by atoms with Crippen LogP contribution in [0.25, 0.3) is 0 Å². The van der Waals surface area contributed by atoms with Gasteiger partial charge in [0, 0.05) is 0 Å². The Hall–Kier alpha value is -1.21. The maximum absolute atomic E-state index is 12.5. The fraction of sp³-hybridized carbons (Fsp3) is 0.902. The first-order chi connectivity index (χ1) is 28.0. The van der Waals surface area contributed by atoms with Gasteiger partial charge in [-0.3, -0.25) is 4.79 Å². The smallest absolute Gasteiger partial charge is 0.249 e. The van der Waals surface area contributed by atoms with Crippen molar-refractivity contribution in [3.8, 4) is 0 Å². The second kappa shape index (κ2) is 45.9. The Balaban J connectivity index is 3.70. The zero-order valence-corrected chi connectivity index (χ0v) is 38.1. The third kappa shape index (κ3) is 40.0. The SMILES string of the molecule is CCCCCCCCCCCCCCCCCCC/C=C/CC/C=C/CCCC(O)C(O)C(CO)NC(=O)C(O)CCCCCCCCCCCCCCCCC. The molecule has 0 aromatic carbocycles. The molecule has 0 radical (unpaired) electrons. The van der Waals surface area contributed by atoms with Crippen molar-refractivity contribution in [1.29, 1.82) is 0 Å². The number of hydrogen-bond donors (Lipinski definition) is 5. The summed E-state index contributed by atoms with van der Waals surface area (Å²) >= 11 is 0. The van der Waals surface area contributed by atoms with Crippen LogP contribution in [0.3, 0.4) is 0 Å². The van der Waals surface area contributed by atoms with Gasteiger partial charge in [0.25, 0.3) is 0 Å². The zero-order valence-electron chi connectivity index (χ0n) is 38.1. The monoisotopic (exact) mass is 806 g/mol. The molecule has 0 aromatic rings. The van der Waals surface area contributed by atoms with Crippen LogP contribution in [-0.2, 0) is 4.79 Å². The summed E-state index contributed by atoms with van der Waals surface area (Å²) in [6.07, 6.45) is 53.8. The molecule has 6 heteroatoms. The van der Waals surface area contributed by atoms with Gasteiger partial charge >= 0.3 is 0 Å². The molecule has 0 rings (SSSR count). The van der Waals surface area contributed by atoms with Crippen LogP contribution in [0.1, 0.15) is 264 Å². The average molecular weight is 806 g/mol. The molecule has 0 aliphatic carbocycles. The minimum Gasteiger partial charge on any atom is -0.394 e. The molecule has 5 N–H and O–H groups in total. The Kier molecular flexibility index (Phi) is 44.9. The second-order valence-electron chi connectivity index (χ2n) is 17.5. The first-order valence-corrected chi connectivity index (χ1v) is 25.2. The lowest BCUT2D eigenvalue weighted by atomic mass is 10.00. The van der Waals surface area contributed by atoms with Gasteiger partial charge in [-0.25, -0.2) is 0 Å². The van der Waals surface area contributed by atoms with Crippen molar-refractivity contribution in [3.63, 3.8) is 0 Å². The molecule has 4 unspecified atom stereocenters. The Morgan fingerprint density at radius 1 is 0.421 bits per heavy atom. The summed E-state index contributed by atoms with van der Waals surface area (Å²) in [5.41, 5.74) is 0. The number of aliphatic hydroxyl groups is 4. The highest BCUT2D eigenvalue weighted by Gasteiger charge is 2.28. The number of nitrogens with one attached hydrogen (secondary N) is 1. The third-order valence-electron chi connectivity index (χ3n) is 11.9. The summed E-state index contributed by atoms with van der Waals surface area (Å²) in [4.78, 5) is 12.5. The lowest BCUT2D eigenvalue weighted by molar-refractivity contribution is -0.132. The van der Waals surface area contributed by atoms with Crippen LogP contribution in [0.4, 0.5) is 0 Å². The molecule has 338 valence electrons. The van der Waals surface area contributed by atoms with Crippen molar-refractivity contribution < 1.29 is 25.2 Å². The highest BCUT2D eigenvalue weighted by Crippen LogP contribution is 2.17. The van der Waals surface area contributed by atoms with Crippen LogP contribution < -0.4 is 5.32 Å². The van der Waals surface area contributed by atoms with Crippen LogP contribution in [0.2, 0.25) is 0 Å². The minimum atomic E-state index is -1.29. The fourth-order valence-electron chi connectivity index (χ4n) is 7.89. The standard InChI is InChI=1S/C51H99NO5/c1-3-5-7-9-11-13-15-17-19-20-21-22-23-24-25-26-27-28-29-31-32-34-36-38-40-42-44-48(54)50(56)47(46-53)52-51(57)49(55)45-43-41-39-37-35-33-30-18-16-14-12-10-8-6-4-2/h29,31,36,38,47-50,53-56H,3-28,30,32-35,37,39-46H2,1-2H3,(H,52,57)/b31-29+,38-36+. The Labute approximate surface area is 354 Å². The highest BCUT2D eigenvalue weighted by atomic mass is 16.3. The van der Waals surface area contributed by atoms with Crippen LogP contribution in [-0.4, -0.2) is 57.3 Å². The average Bonchev–Trinajstić information content (AvgIpc) is 3.22. The van der Waals surface area contributed by atoms with Gasteiger partial charge in [0.2, 0.25) is 5.91 Å². The van der Waals surface area contributed by atoms with Crippen molar-refractivity contribution >= 4 is 5.91 Å². The van der Waals surface area contributed by atoms with Crippen molar-refractivity contribution in [2.45, 2.75) is 289 Å². The van der Waals surface area contributed by atoms with E-state index in [4.69, 9.17) is 0 Å². The second-order valence-corrected chi connectivity index (χ2v) is 17.5. The van der Waals surface area contributed by atoms with Crippen LogP contribution in [0.5, 0.6) is 0 Å². The molecule has 0 aliphatic rings. The normalized spacial score (nSPS) is 14.1. The van der Waals surface area contributed by atoms with E-state index >= 15 is 0 Å². The number of allylic oxidation sites excluding steroid dienone is 4. The van der Waals surface area contributed by atoms with E-state index in [-0.39, 0.29) is 0 Å². The van der Waals surface area contributed by atoms with E-state index in [9.17, 15) is 25.2 Å². The van der Waals surface area contributed by atoms with E-state index in [2.05, 4.69) is 43.5 Å². The lowest BCUT2D eigenvalue weighted by Gasteiger charge is -2.27. The lowest BCUT2D eigenvalue weighted by Crippen LogP contribution is -2.53. The number of unbranched alkanes of at least 4 members (excludes halogenated alkanes) is 33. The van der Waals surface area contributed by atoms with Crippen LogP contribution in [0.15, 0.2) is 24.3 Å². The predicted molar refractivity (Wildman–Crippen MR) is 247 cm³/mol. The van der Waals surface area contributed by atoms with Crippen LogP contribution >= 0.6 is 0 Å². The third-order valence-corrected chi connectivity index (χ3v) is 11.9. The van der Waals surface area contributed by atoms with E-state index in [0.717, 1.165) is 38.5 Å². The molecule has 0 heterocycles. The van der Waals surface area contributed by atoms with E-state index < -0.39 is 36.9 Å². The van der Waals surface area contributed by atoms with Crippen molar-refractivity contribution in [2.75, 3.05) is 6.61 Å². The number of aliphatic hydroxyl groups excluding tert-OH is 4. The van der Waals surface area contributed by atoms with Crippen LogP contribution in [0, 0.1) is 0 Å². The van der Waals surface area contributed by atoms with Gasteiger partial charge in [0.05, 0.1) is 18.8 Å². The molecule has 0 aliphatic heterocycles. The first kappa shape index (κ1) is 55.8. The molecule has 1 amide bonds. The van der Waals surface area contributed by atoms with E-state index in [1.54, 1.807) is 0 Å². The summed E-state index contributed by atoms with van der Waals surface area (Å²) in [6, 6.07) is -1.00. The summed E-state index contributed by atoms with van der Waals surface area (Å²) in [5, 5.41) is 43.8. The largest absolute Gasteiger partial charge is 0.394 e. The molecule has 0 saturated heterocycles. The summed E-state index contributed by atoms with van der Waals surface area (Å²) < 4.78 is 0. The minimum absolute atomic E-state index is 0.364. The Bertz CT molecular complexity index is 863. The summed E-state index contributed by atoms with van der Waals surface area (Å²) in [7, 11) is 0. The first-order valence-electron chi connectivity index (χ1n) is 25.2. The summed E-state index contributed by atoms with van der Waals surface area (Å²) in [5.74, 6) is -0.595. The van der Waals surface area contributed by atoms with Gasteiger partial charge in [0.1, 0.15) is 12.2 Å². The van der Waals surface area contributed by atoms with Crippen molar-refractivity contribution in [2.24, 2.45) is 0 Å². The molecule has 0 spiro atoms. The maximum atomic E-state index is 12.5. The quantitative estimate of drug-likeness (QED) is 0.0311. The number of carbonyl (C=O) groups is 1. The topological polar surface area (TPSA) is 110 Å². The molecule has 0 aromatic heterocycles. The molecular weight excluding hydrogens is 707 g/mol. The molecule has 57 heavy (non-hydrogen) atoms. The fourth-order valence-corrected chi connectivity index (χ4v) is 7.89. The van der Waals surface area contributed by atoms with Crippen molar-refractivity contribution in [1.82, 2.24) is 5.32 Å². The zero-order chi connectivity index (χ0) is 41.7. The van der Waals surface area contributed by atoms with Gasteiger partial charge in [-0.1, -0.05) is 237 Å². The number of amides is 1. The van der Waals surface area contributed by atoms with Gasteiger partial charge in [0.15, 0.2) is 0 Å². The van der Waals surface area contributed by atoms with Gasteiger partial charge in [-0.2, -0.15) is 0 Å². The number of carbonyl (C=O) groups excluding carboxylic acids is 1. The predicted octanol–water partition coefficient (Wildman–Crippen LogP) is 13.9. The number of hydrogen-bond acceptors (Lipinski definition) is 5. The molecular formula is C51H99NO5. The van der Waals surface area contributed by atoms with E-state index in [1.807, 2.05) is 0 Å². The molecule has 4 atom stereocenters.